The summed E-state index contributed by atoms with van der Waals surface area (Å²) in [4.78, 5) is 2.17. The second-order valence-electron chi connectivity index (χ2n) is 4.15. The lowest BCUT2D eigenvalue weighted by Gasteiger charge is -2.18. The van der Waals surface area contributed by atoms with Crippen LogP contribution >= 0.6 is 15.9 Å². The lowest BCUT2D eigenvalue weighted by atomic mass is 10.1. The third kappa shape index (κ3) is 3.30. The Hall–Kier alpha value is -0.390. The molecule has 1 unspecified atom stereocenters. The van der Waals surface area contributed by atoms with Crippen molar-refractivity contribution >= 4 is 15.9 Å². The van der Waals surface area contributed by atoms with E-state index in [1.54, 1.807) is 0 Å². The predicted octanol–water partition coefficient (Wildman–Crippen LogP) is 1.88. The summed E-state index contributed by atoms with van der Waals surface area (Å²) in [5.41, 5.74) is 1.24. The predicted molar refractivity (Wildman–Crippen MR) is 70.6 cm³/mol. The molecule has 1 aromatic rings. The molecule has 1 rings (SSSR count). The Bertz CT molecular complexity index is 318. The monoisotopic (exact) mass is 288 g/mol. The van der Waals surface area contributed by atoms with Crippen LogP contribution < -0.4 is 5.32 Å². The fraction of sp³-hybridized carbons (Fsp3) is 0.727. The number of halogens is 1. The van der Waals surface area contributed by atoms with E-state index in [0.29, 0.717) is 6.04 Å². The molecule has 0 spiro atoms. The van der Waals surface area contributed by atoms with E-state index in [9.17, 15) is 0 Å². The molecule has 0 aliphatic heterocycles. The van der Waals surface area contributed by atoms with Gasteiger partial charge in [-0.1, -0.05) is 6.92 Å². The first kappa shape index (κ1) is 13.7. The highest BCUT2D eigenvalue weighted by molar-refractivity contribution is 9.10. The maximum Gasteiger partial charge on any atom is 0.0696 e. The average molecular weight is 289 g/mol. The van der Waals surface area contributed by atoms with Crippen molar-refractivity contribution in [1.82, 2.24) is 20.0 Å². The molecule has 5 heteroatoms. The van der Waals surface area contributed by atoms with Crippen LogP contribution in [-0.4, -0.2) is 42.4 Å². The van der Waals surface area contributed by atoms with Crippen molar-refractivity contribution < 1.29 is 0 Å². The smallest absolute Gasteiger partial charge is 0.0696 e. The van der Waals surface area contributed by atoms with Gasteiger partial charge in [0.15, 0.2) is 0 Å². The highest BCUT2D eigenvalue weighted by Gasteiger charge is 2.16. The van der Waals surface area contributed by atoms with E-state index in [-0.39, 0.29) is 0 Å². The van der Waals surface area contributed by atoms with Gasteiger partial charge < -0.3 is 10.2 Å². The summed E-state index contributed by atoms with van der Waals surface area (Å²) in [6, 6.07) is 0.360. The van der Waals surface area contributed by atoms with Gasteiger partial charge in [-0.05, 0) is 43.5 Å². The first-order valence-corrected chi connectivity index (χ1v) is 6.42. The Kier molecular flexibility index (Phi) is 5.44. The second-order valence-corrected chi connectivity index (χ2v) is 5.01. The molecule has 0 saturated heterocycles. The summed E-state index contributed by atoms with van der Waals surface area (Å²) in [5, 5.41) is 7.73. The molecule has 0 bridgehead atoms. The van der Waals surface area contributed by atoms with Crippen LogP contribution in [0.1, 0.15) is 25.1 Å². The van der Waals surface area contributed by atoms with E-state index in [2.05, 4.69) is 56.9 Å². The molecule has 4 nitrogen and oxygen atoms in total. The number of nitrogens with zero attached hydrogens (tertiary/aromatic N) is 3. The van der Waals surface area contributed by atoms with Crippen molar-refractivity contribution in [3.8, 4) is 0 Å². The lowest BCUT2D eigenvalue weighted by Crippen LogP contribution is -2.24. The fourth-order valence-electron chi connectivity index (χ4n) is 1.73. The summed E-state index contributed by atoms with van der Waals surface area (Å²) in [5.74, 6) is 0. The van der Waals surface area contributed by atoms with Crippen molar-refractivity contribution in [3.05, 3.63) is 16.4 Å². The number of hydrogen-bond donors (Lipinski definition) is 1. The maximum atomic E-state index is 4.41. The van der Waals surface area contributed by atoms with E-state index in [4.69, 9.17) is 0 Å². The summed E-state index contributed by atoms with van der Waals surface area (Å²) in [6.45, 7) is 4.10. The minimum atomic E-state index is 0.360. The molecule has 0 aliphatic rings. The van der Waals surface area contributed by atoms with Gasteiger partial charge in [0, 0.05) is 12.6 Å². The molecule has 0 saturated carbocycles. The molecular formula is C11H21BrN4. The summed E-state index contributed by atoms with van der Waals surface area (Å²) >= 11 is 3.57. The van der Waals surface area contributed by atoms with Crippen LogP contribution in [0.15, 0.2) is 10.7 Å². The standard InChI is InChI=1S/C11H21BrN4/c1-5-10(13-2)11-9(12)8-14-16(11)7-6-15(3)4/h8,10,13H,5-7H2,1-4H3. The van der Waals surface area contributed by atoms with Gasteiger partial charge in [-0.15, -0.1) is 0 Å². The molecule has 0 fully saturated rings. The van der Waals surface area contributed by atoms with Crippen molar-refractivity contribution in [1.29, 1.82) is 0 Å². The number of aromatic nitrogens is 2. The van der Waals surface area contributed by atoms with Crippen LogP contribution in [0.4, 0.5) is 0 Å². The number of nitrogens with one attached hydrogen (secondary N) is 1. The third-order valence-electron chi connectivity index (χ3n) is 2.68. The second kappa shape index (κ2) is 6.37. The quantitative estimate of drug-likeness (QED) is 0.868. The maximum absolute atomic E-state index is 4.41. The molecular weight excluding hydrogens is 268 g/mol. The minimum Gasteiger partial charge on any atom is -0.312 e. The molecule has 0 aliphatic carbocycles. The van der Waals surface area contributed by atoms with Crippen molar-refractivity contribution in [2.75, 3.05) is 27.7 Å². The third-order valence-corrected chi connectivity index (χ3v) is 3.29. The first-order chi connectivity index (χ1) is 7.60. The highest BCUT2D eigenvalue weighted by Crippen LogP contribution is 2.25. The van der Waals surface area contributed by atoms with E-state index in [1.165, 1.54) is 5.69 Å². The lowest BCUT2D eigenvalue weighted by molar-refractivity contribution is 0.362. The summed E-state index contributed by atoms with van der Waals surface area (Å²) in [6.07, 6.45) is 2.94. The molecule has 0 amide bonds. The Morgan fingerprint density at radius 3 is 2.75 bits per heavy atom. The highest BCUT2D eigenvalue weighted by atomic mass is 79.9. The van der Waals surface area contributed by atoms with Gasteiger partial charge in [-0.2, -0.15) is 5.10 Å². The Morgan fingerprint density at radius 1 is 1.56 bits per heavy atom. The topological polar surface area (TPSA) is 33.1 Å². The fourth-order valence-corrected chi connectivity index (χ4v) is 2.30. The van der Waals surface area contributed by atoms with E-state index in [0.717, 1.165) is 24.0 Å². The van der Waals surface area contributed by atoms with Crippen molar-refractivity contribution in [3.63, 3.8) is 0 Å². The minimum absolute atomic E-state index is 0.360. The molecule has 92 valence electrons. The summed E-state index contributed by atoms with van der Waals surface area (Å²) in [7, 11) is 6.14. The van der Waals surface area contributed by atoms with Crippen LogP contribution in [0, 0.1) is 0 Å². The Labute approximate surface area is 106 Å². The molecule has 1 atom stereocenters. The molecule has 1 heterocycles. The zero-order valence-corrected chi connectivity index (χ0v) is 12.1. The van der Waals surface area contributed by atoms with Crippen molar-refractivity contribution in [2.45, 2.75) is 25.9 Å². The van der Waals surface area contributed by atoms with E-state index in [1.807, 2.05) is 13.2 Å². The average Bonchev–Trinajstić information content (AvgIpc) is 2.60. The van der Waals surface area contributed by atoms with Crippen LogP contribution in [0.25, 0.3) is 0 Å². The van der Waals surface area contributed by atoms with E-state index >= 15 is 0 Å². The van der Waals surface area contributed by atoms with Crippen molar-refractivity contribution in [2.24, 2.45) is 0 Å². The first-order valence-electron chi connectivity index (χ1n) is 5.63. The van der Waals surface area contributed by atoms with Gasteiger partial charge in [0.05, 0.1) is 22.9 Å². The zero-order chi connectivity index (χ0) is 12.1. The van der Waals surface area contributed by atoms with Gasteiger partial charge in [0.2, 0.25) is 0 Å². The Balaban J connectivity index is 2.84. The molecule has 16 heavy (non-hydrogen) atoms. The number of likely N-dealkylation sites (N-methyl/N-ethyl adjacent to an activating group) is 1. The molecule has 1 N–H and O–H groups in total. The van der Waals surface area contributed by atoms with E-state index < -0.39 is 0 Å². The summed E-state index contributed by atoms with van der Waals surface area (Å²) < 4.78 is 3.17. The number of hydrogen-bond acceptors (Lipinski definition) is 3. The number of rotatable bonds is 6. The van der Waals surface area contributed by atoms with Crippen LogP contribution in [0.2, 0.25) is 0 Å². The van der Waals surface area contributed by atoms with Crippen LogP contribution in [0.3, 0.4) is 0 Å². The van der Waals surface area contributed by atoms with Crippen LogP contribution in [0.5, 0.6) is 0 Å². The SMILES string of the molecule is CCC(NC)c1c(Br)cnn1CCN(C)C. The van der Waals surface area contributed by atoms with Crippen LogP contribution in [-0.2, 0) is 6.54 Å². The van der Waals surface area contributed by atoms with Gasteiger partial charge >= 0.3 is 0 Å². The molecule has 0 radical (unpaired) electrons. The van der Waals surface area contributed by atoms with Gasteiger partial charge in [-0.3, -0.25) is 4.68 Å². The van der Waals surface area contributed by atoms with Gasteiger partial charge in [0.1, 0.15) is 0 Å². The van der Waals surface area contributed by atoms with Gasteiger partial charge in [-0.25, -0.2) is 0 Å². The molecule has 0 aromatic carbocycles. The van der Waals surface area contributed by atoms with Gasteiger partial charge in [0.25, 0.3) is 0 Å². The Morgan fingerprint density at radius 2 is 2.25 bits per heavy atom. The zero-order valence-electron chi connectivity index (χ0n) is 10.5. The largest absolute Gasteiger partial charge is 0.312 e. The molecule has 1 aromatic heterocycles. The normalized spacial score (nSPS) is 13.4.